The molecule has 0 amide bonds. The van der Waals surface area contributed by atoms with Crippen LogP contribution in [0.4, 0.5) is 11.6 Å². The number of aromatic nitrogens is 2. The minimum Gasteiger partial charge on any atom is -0.359 e. The highest BCUT2D eigenvalue weighted by Gasteiger charge is 2.09. The summed E-state index contributed by atoms with van der Waals surface area (Å²) in [5, 5.41) is 0. The molecule has 0 unspecified atom stereocenters. The standard InChI is InChI=1S/C15H21N5/c1-3-4-10-20(2)14-11-13(19-16)17-15(18-14)12-8-6-5-7-9-12/h5-9,11H,3-4,10,16H2,1-2H3,(H,17,18,19). The first-order valence-electron chi connectivity index (χ1n) is 6.87. The van der Waals surface area contributed by atoms with Crippen LogP contribution in [0.25, 0.3) is 11.4 Å². The molecule has 0 saturated carbocycles. The van der Waals surface area contributed by atoms with Crippen LogP contribution in [0.15, 0.2) is 36.4 Å². The van der Waals surface area contributed by atoms with Crippen molar-refractivity contribution >= 4 is 11.6 Å². The Balaban J connectivity index is 2.34. The van der Waals surface area contributed by atoms with Gasteiger partial charge in [0.2, 0.25) is 0 Å². The summed E-state index contributed by atoms with van der Waals surface area (Å²) < 4.78 is 0. The Labute approximate surface area is 119 Å². The summed E-state index contributed by atoms with van der Waals surface area (Å²) in [5.41, 5.74) is 3.59. The smallest absolute Gasteiger partial charge is 0.163 e. The summed E-state index contributed by atoms with van der Waals surface area (Å²) in [6.07, 6.45) is 2.29. The molecule has 0 fully saturated rings. The third kappa shape index (κ3) is 3.45. The fourth-order valence-corrected chi connectivity index (χ4v) is 1.93. The van der Waals surface area contributed by atoms with E-state index >= 15 is 0 Å². The number of nitrogens with one attached hydrogen (secondary N) is 1. The van der Waals surface area contributed by atoms with Gasteiger partial charge >= 0.3 is 0 Å². The lowest BCUT2D eigenvalue weighted by Gasteiger charge is -2.19. The van der Waals surface area contributed by atoms with Crippen molar-refractivity contribution in [2.45, 2.75) is 19.8 Å². The Kier molecular flexibility index (Phi) is 4.90. The number of hydrogen-bond acceptors (Lipinski definition) is 5. The number of hydrazine groups is 1. The monoisotopic (exact) mass is 271 g/mol. The summed E-state index contributed by atoms with van der Waals surface area (Å²) >= 11 is 0. The van der Waals surface area contributed by atoms with Gasteiger partial charge in [-0.25, -0.2) is 15.8 Å². The number of nitrogen functional groups attached to an aromatic ring is 1. The Morgan fingerprint density at radius 2 is 1.95 bits per heavy atom. The molecule has 3 N–H and O–H groups in total. The van der Waals surface area contributed by atoms with Gasteiger partial charge in [0.05, 0.1) is 0 Å². The van der Waals surface area contributed by atoms with Crippen LogP contribution in [0.2, 0.25) is 0 Å². The molecule has 5 heteroatoms. The molecule has 0 radical (unpaired) electrons. The van der Waals surface area contributed by atoms with Crippen molar-refractivity contribution in [2.24, 2.45) is 5.84 Å². The van der Waals surface area contributed by atoms with Crippen molar-refractivity contribution in [2.75, 3.05) is 23.9 Å². The van der Waals surface area contributed by atoms with Crippen LogP contribution in [0, 0.1) is 0 Å². The van der Waals surface area contributed by atoms with Crippen molar-refractivity contribution < 1.29 is 0 Å². The minimum atomic E-state index is 0.622. The Morgan fingerprint density at radius 1 is 1.20 bits per heavy atom. The summed E-state index contributed by atoms with van der Waals surface area (Å²) in [6, 6.07) is 11.8. The molecule has 0 spiro atoms. The molecule has 0 aliphatic heterocycles. The molecule has 20 heavy (non-hydrogen) atoms. The van der Waals surface area contributed by atoms with E-state index in [1.54, 1.807) is 0 Å². The maximum atomic E-state index is 5.51. The number of rotatable bonds is 6. The first-order chi connectivity index (χ1) is 9.74. The van der Waals surface area contributed by atoms with Crippen molar-refractivity contribution in [1.29, 1.82) is 0 Å². The SMILES string of the molecule is CCCCN(C)c1cc(NN)nc(-c2ccccc2)n1. The second-order valence-corrected chi connectivity index (χ2v) is 4.72. The van der Waals surface area contributed by atoms with Crippen LogP contribution in [0.3, 0.4) is 0 Å². The zero-order valence-corrected chi connectivity index (χ0v) is 12.0. The molecule has 0 saturated heterocycles. The lowest BCUT2D eigenvalue weighted by Crippen LogP contribution is -2.21. The van der Waals surface area contributed by atoms with Gasteiger partial charge in [-0.15, -0.1) is 0 Å². The van der Waals surface area contributed by atoms with Gasteiger partial charge in [-0.05, 0) is 6.42 Å². The molecule has 2 rings (SSSR count). The average molecular weight is 271 g/mol. The molecule has 1 heterocycles. The van der Waals surface area contributed by atoms with Gasteiger partial charge in [-0.1, -0.05) is 43.7 Å². The van der Waals surface area contributed by atoms with E-state index < -0.39 is 0 Å². The number of benzene rings is 1. The van der Waals surface area contributed by atoms with Crippen LogP contribution in [0.1, 0.15) is 19.8 Å². The van der Waals surface area contributed by atoms with Gasteiger partial charge in [-0.2, -0.15) is 0 Å². The van der Waals surface area contributed by atoms with Crippen LogP contribution in [-0.4, -0.2) is 23.6 Å². The number of hydrogen-bond donors (Lipinski definition) is 2. The van der Waals surface area contributed by atoms with Crippen molar-refractivity contribution in [3.8, 4) is 11.4 Å². The molecule has 0 aliphatic rings. The molecular weight excluding hydrogens is 250 g/mol. The predicted molar refractivity (Wildman–Crippen MR) is 83.5 cm³/mol. The number of nitrogens with zero attached hydrogens (tertiary/aromatic N) is 3. The van der Waals surface area contributed by atoms with E-state index in [9.17, 15) is 0 Å². The van der Waals surface area contributed by atoms with E-state index in [2.05, 4.69) is 27.2 Å². The molecule has 0 bridgehead atoms. The topological polar surface area (TPSA) is 67.1 Å². The highest BCUT2D eigenvalue weighted by atomic mass is 15.3. The second-order valence-electron chi connectivity index (χ2n) is 4.72. The number of unbranched alkanes of at least 4 members (excludes halogenated alkanes) is 1. The summed E-state index contributed by atoms with van der Waals surface area (Å²) in [7, 11) is 2.03. The molecule has 0 atom stereocenters. The predicted octanol–water partition coefficient (Wildman–Crippen LogP) is 2.67. The van der Waals surface area contributed by atoms with E-state index in [4.69, 9.17) is 5.84 Å². The first-order valence-corrected chi connectivity index (χ1v) is 6.87. The number of nitrogens with two attached hydrogens (primary N) is 1. The van der Waals surface area contributed by atoms with Crippen molar-refractivity contribution in [3.05, 3.63) is 36.4 Å². The van der Waals surface area contributed by atoms with Crippen LogP contribution in [-0.2, 0) is 0 Å². The fourth-order valence-electron chi connectivity index (χ4n) is 1.93. The van der Waals surface area contributed by atoms with Gasteiger partial charge in [-0.3, -0.25) is 0 Å². The van der Waals surface area contributed by atoms with E-state index in [1.807, 2.05) is 43.4 Å². The third-order valence-electron chi connectivity index (χ3n) is 3.13. The van der Waals surface area contributed by atoms with Crippen molar-refractivity contribution in [3.63, 3.8) is 0 Å². The molecule has 5 nitrogen and oxygen atoms in total. The molecule has 2 aromatic rings. The van der Waals surface area contributed by atoms with E-state index in [0.29, 0.717) is 11.6 Å². The molecule has 1 aromatic carbocycles. The zero-order chi connectivity index (χ0) is 14.4. The first kappa shape index (κ1) is 14.3. The van der Waals surface area contributed by atoms with Crippen LogP contribution in [0.5, 0.6) is 0 Å². The summed E-state index contributed by atoms with van der Waals surface area (Å²) in [6.45, 7) is 3.14. The maximum absolute atomic E-state index is 5.51. The van der Waals surface area contributed by atoms with Gasteiger partial charge in [0.1, 0.15) is 11.6 Å². The van der Waals surface area contributed by atoms with Gasteiger partial charge in [0.15, 0.2) is 5.82 Å². The largest absolute Gasteiger partial charge is 0.359 e. The Morgan fingerprint density at radius 3 is 2.60 bits per heavy atom. The second kappa shape index (κ2) is 6.86. The molecule has 1 aromatic heterocycles. The van der Waals surface area contributed by atoms with E-state index in [1.165, 1.54) is 0 Å². The van der Waals surface area contributed by atoms with Gasteiger partial charge < -0.3 is 10.3 Å². The van der Waals surface area contributed by atoms with Crippen molar-refractivity contribution in [1.82, 2.24) is 9.97 Å². The van der Waals surface area contributed by atoms with Gasteiger partial charge in [0, 0.05) is 25.2 Å². The van der Waals surface area contributed by atoms with Gasteiger partial charge in [0.25, 0.3) is 0 Å². The summed E-state index contributed by atoms with van der Waals surface area (Å²) in [4.78, 5) is 11.2. The highest BCUT2D eigenvalue weighted by molar-refractivity contribution is 5.61. The lowest BCUT2D eigenvalue weighted by molar-refractivity contribution is 0.759. The number of anilines is 2. The van der Waals surface area contributed by atoms with Crippen LogP contribution >= 0.6 is 0 Å². The maximum Gasteiger partial charge on any atom is 0.163 e. The summed E-state index contributed by atoms with van der Waals surface area (Å²) in [5.74, 6) is 7.68. The highest BCUT2D eigenvalue weighted by Crippen LogP contribution is 2.21. The molecule has 106 valence electrons. The quantitative estimate of drug-likeness (QED) is 0.624. The average Bonchev–Trinajstić information content (AvgIpc) is 2.52. The lowest BCUT2D eigenvalue weighted by atomic mass is 10.2. The zero-order valence-electron chi connectivity index (χ0n) is 12.0. The Hall–Kier alpha value is -2.14. The molecular formula is C15H21N5. The fraction of sp³-hybridized carbons (Fsp3) is 0.333. The Bertz CT molecular complexity index is 541. The normalized spacial score (nSPS) is 10.3. The van der Waals surface area contributed by atoms with Crippen LogP contribution < -0.4 is 16.2 Å². The molecule has 0 aliphatic carbocycles. The van der Waals surface area contributed by atoms with E-state index in [0.717, 1.165) is 30.8 Å². The minimum absolute atomic E-state index is 0.622. The third-order valence-corrected chi connectivity index (χ3v) is 3.13. The van der Waals surface area contributed by atoms with E-state index in [-0.39, 0.29) is 0 Å².